The fourth-order valence-corrected chi connectivity index (χ4v) is 3.85. The molecular weight excluding hydrogens is 274 g/mol. The molecule has 1 aromatic carbocycles. The molecule has 0 amide bonds. The summed E-state index contributed by atoms with van der Waals surface area (Å²) >= 11 is 0. The van der Waals surface area contributed by atoms with E-state index in [0.717, 1.165) is 5.69 Å². The van der Waals surface area contributed by atoms with Gasteiger partial charge < -0.3 is 5.32 Å². The zero-order valence-electron chi connectivity index (χ0n) is 12.6. The Morgan fingerprint density at radius 1 is 1.35 bits per heavy atom. The molecule has 0 saturated carbocycles. The molecule has 0 aromatic heterocycles. The second-order valence-electron chi connectivity index (χ2n) is 5.00. The Balaban J connectivity index is 3.26. The average Bonchev–Trinajstić information content (AvgIpc) is 2.36. The van der Waals surface area contributed by atoms with Gasteiger partial charge in [-0.25, -0.2) is 8.42 Å². The number of rotatable bonds is 5. The number of aryl methyl sites for hydroxylation is 2. The molecule has 1 rings (SSSR count). The third-order valence-electron chi connectivity index (χ3n) is 3.17. The molecule has 0 bridgehead atoms. The summed E-state index contributed by atoms with van der Waals surface area (Å²) < 4.78 is 26.5. The Bertz CT molecular complexity index is 609. The molecule has 1 aromatic rings. The number of nitrogens with one attached hydrogen (secondary N) is 1. The first kappa shape index (κ1) is 16.5. The van der Waals surface area contributed by atoms with Gasteiger partial charge in [0.1, 0.15) is 0 Å². The molecule has 1 N–H and O–H groups in total. The van der Waals surface area contributed by atoms with Crippen LogP contribution in [0.5, 0.6) is 0 Å². The quantitative estimate of drug-likeness (QED) is 0.903. The van der Waals surface area contributed by atoms with Crippen molar-refractivity contribution in [2.75, 3.05) is 26.0 Å². The van der Waals surface area contributed by atoms with Gasteiger partial charge in [-0.15, -0.1) is 0 Å². The molecule has 110 valence electrons. The minimum atomic E-state index is -3.58. The summed E-state index contributed by atoms with van der Waals surface area (Å²) in [5, 5.41) is 11.8. The number of hydrogen-bond acceptors (Lipinski definition) is 4. The molecular formula is C14H21N3O2S. The van der Waals surface area contributed by atoms with E-state index >= 15 is 0 Å². The van der Waals surface area contributed by atoms with Crippen molar-refractivity contribution in [3.8, 4) is 6.07 Å². The van der Waals surface area contributed by atoms with E-state index in [-0.39, 0.29) is 12.5 Å². The number of anilines is 1. The van der Waals surface area contributed by atoms with Crippen molar-refractivity contribution in [2.24, 2.45) is 5.92 Å². The normalized spacial score (nSPS) is 13.1. The van der Waals surface area contributed by atoms with Gasteiger partial charge in [0.25, 0.3) is 0 Å². The fourth-order valence-electron chi connectivity index (χ4n) is 2.18. The maximum absolute atomic E-state index is 12.6. The van der Waals surface area contributed by atoms with Gasteiger partial charge in [-0.3, -0.25) is 0 Å². The molecule has 6 heteroatoms. The Morgan fingerprint density at radius 2 is 1.85 bits per heavy atom. The molecule has 0 aliphatic carbocycles. The predicted molar refractivity (Wildman–Crippen MR) is 80.1 cm³/mol. The molecule has 0 radical (unpaired) electrons. The molecule has 0 aliphatic rings. The molecule has 0 heterocycles. The summed E-state index contributed by atoms with van der Waals surface area (Å²) in [5.74, 6) is -0.341. The predicted octanol–water partition coefficient (Wildman–Crippen LogP) is 2.13. The van der Waals surface area contributed by atoms with Crippen molar-refractivity contribution in [1.29, 1.82) is 5.26 Å². The molecule has 1 atom stereocenters. The van der Waals surface area contributed by atoms with Gasteiger partial charge in [0, 0.05) is 26.3 Å². The van der Waals surface area contributed by atoms with E-state index in [1.54, 1.807) is 40.0 Å². The van der Waals surface area contributed by atoms with Crippen LogP contribution in [0.3, 0.4) is 0 Å². The minimum Gasteiger partial charge on any atom is -0.388 e. The smallest absolute Gasteiger partial charge is 0.243 e. The largest absolute Gasteiger partial charge is 0.388 e. The number of hydrogen-bond donors (Lipinski definition) is 1. The summed E-state index contributed by atoms with van der Waals surface area (Å²) in [5.41, 5.74) is 2.28. The number of sulfonamides is 1. The van der Waals surface area contributed by atoms with E-state index < -0.39 is 10.0 Å². The lowest BCUT2D eigenvalue weighted by Gasteiger charge is -2.21. The first-order valence-electron chi connectivity index (χ1n) is 6.39. The van der Waals surface area contributed by atoms with Gasteiger partial charge in [-0.1, -0.05) is 0 Å². The topological polar surface area (TPSA) is 73.2 Å². The Hall–Kier alpha value is -1.58. The lowest BCUT2D eigenvalue weighted by molar-refractivity contribution is 0.438. The van der Waals surface area contributed by atoms with Gasteiger partial charge in [0.05, 0.1) is 16.9 Å². The second kappa shape index (κ2) is 6.25. The molecule has 0 aliphatic heterocycles. The molecule has 5 nitrogen and oxygen atoms in total. The second-order valence-corrected chi connectivity index (χ2v) is 6.99. The van der Waals surface area contributed by atoms with E-state index in [0.29, 0.717) is 16.0 Å². The van der Waals surface area contributed by atoms with Crippen LogP contribution >= 0.6 is 0 Å². The first-order chi connectivity index (χ1) is 9.23. The van der Waals surface area contributed by atoms with Crippen molar-refractivity contribution in [3.05, 3.63) is 23.3 Å². The van der Waals surface area contributed by atoms with E-state index in [4.69, 9.17) is 5.26 Å². The first-order valence-corrected chi connectivity index (χ1v) is 7.83. The average molecular weight is 295 g/mol. The highest BCUT2D eigenvalue weighted by atomic mass is 32.2. The van der Waals surface area contributed by atoms with Crippen molar-refractivity contribution in [3.63, 3.8) is 0 Å². The van der Waals surface area contributed by atoms with Crippen molar-refractivity contribution in [2.45, 2.75) is 25.7 Å². The summed E-state index contributed by atoms with van der Waals surface area (Å²) in [6, 6.07) is 5.66. The van der Waals surface area contributed by atoms with Crippen LogP contribution in [0.1, 0.15) is 18.1 Å². The lowest BCUT2D eigenvalue weighted by Crippen LogP contribution is -2.31. The van der Waals surface area contributed by atoms with Crippen LogP contribution in [-0.2, 0) is 10.0 Å². The minimum absolute atomic E-state index is 0.186. The maximum Gasteiger partial charge on any atom is 0.243 e. The highest BCUT2D eigenvalue weighted by molar-refractivity contribution is 7.89. The van der Waals surface area contributed by atoms with Crippen LogP contribution in [0.2, 0.25) is 0 Å². The van der Waals surface area contributed by atoms with Gasteiger partial charge in [0.15, 0.2) is 0 Å². The van der Waals surface area contributed by atoms with Crippen LogP contribution in [0.15, 0.2) is 17.0 Å². The molecule has 1 unspecified atom stereocenters. The number of nitrogens with zero attached hydrogens (tertiary/aromatic N) is 2. The highest BCUT2D eigenvalue weighted by Crippen LogP contribution is 2.26. The summed E-state index contributed by atoms with van der Waals surface area (Å²) in [6.07, 6.45) is 0. The van der Waals surface area contributed by atoms with Crippen molar-refractivity contribution < 1.29 is 8.42 Å². The molecule has 0 spiro atoms. The highest BCUT2D eigenvalue weighted by Gasteiger charge is 2.26. The van der Waals surface area contributed by atoms with Gasteiger partial charge in [-0.2, -0.15) is 9.57 Å². The van der Waals surface area contributed by atoms with E-state index in [9.17, 15) is 8.42 Å². The van der Waals surface area contributed by atoms with Crippen LogP contribution < -0.4 is 5.32 Å². The molecule has 20 heavy (non-hydrogen) atoms. The van der Waals surface area contributed by atoms with E-state index in [1.165, 1.54) is 11.4 Å². The Morgan fingerprint density at radius 3 is 2.25 bits per heavy atom. The van der Waals surface area contributed by atoms with Crippen molar-refractivity contribution in [1.82, 2.24) is 4.31 Å². The fraction of sp³-hybridized carbons (Fsp3) is 0.500. The third-order valence-corrected chi connectivity index (χ3v) is 5.30. The summed E-state index contributed by atoms with van der Waals surface area (Å²) in [7, 11) is -0.273. The van der Waals surface area contributed by atoms with Crippen molar-refractivity contribution >= 4 is 15.7 Å². The maximum atomic E-state index is 12.6. The summed E-state index contributed by atoms with van der Waals surface area (Å²) in [6.45, 7) is 5.45. The Labute approximate surface area is 121 Å². The van der Waals surface area contributed by atoms with Crippen LogP contribution in [0, 0.1) is 31.1 Å². The zero-order chi connectivity index (χ0) is 15.5. The number of benzene rings is 1. The van der Waals surface area contributed by atoms with Crippen LogP contribution in [-0.4, -0.2) is 33.4 Å². The SMILES string of the molecule is CNc1cc(C)c(S(=O)(=O)N(C)CC(C)C#N)c(C)c1. The van der Waals surface area contributed by atoms with E-state index in [2.05, 4.69) is 11.4 Å². The zero-order valence-corrected chi connectivity index (χ0v) is 13.4. The van der Waals surface area contributed by atoms with Gasteiger partial charge in [0.2, 0.25) is 10.0 Å². The van der Waals surface area contributed by atoms with E-state index in [1.807, 2.05) is 0 Å². The van der Waals surface area contributed by atoms with Crippen LogP contribution in [0.4, 0.5) is 5.69 Å². The number of nitriles is 1. The lowest BCUT2D eigenvalue weighted by atomic mass is 10.1. The monoisotopic (exact) mass is 295 g/mol. The molecule has 0 fully saturated rings. The van der Waals surface area contributed by atoms with Gasteiger partial charge >= 0.3 is 0 Å². The standard InChI is InChI=1S/C14H21N3O2S/c1-10(8-15)9-17(5)20(18,19)14-11(2)6-13(16-4)7-12(14)3/h6-7,10,16H,9H2,1-5H3. The molecule has 0 saturated heterocycles. The summed E-state index contributed by atoms with van der Waals surface area (Å²) in [4.78, 5) is 0.323. The Kier molecular flexibility index (Phi) is 5.15. The third kappa shape index (κ3) is 3.30. The van der Waals surface area contributed by atoms with Gasteiger partial charge in [-0.05, 0) is 44.0 Å². The van der Waals surface area contributed by atoms with Crippen LogP contribution in [0.25, 0.3) is 0 Å².